The summed E-state index contributed by atoms with van der Waals surface area (Å²) in [5, 5.41) is 0.741. The Morgan fingerprint density at radius 3 is 2.18 bits per heavy atom. The zero-order valence-corrected chi connectivity index (χ0v) is 8.48. The Kier molecular flexibility index (Phi) is 3.51. The first kappa shape index (κ1) is 13.6. The molecule has 4 nitrogen and oxygen atoms in total. The number of rotatable bonds is 2. The van der Waals surface area contributed by atoms with Crippen molar-refractivity contribution in [3.05, 3.63) is 17.5 Å². The van der Waals surface area contributed by atoms with Gasteiger partial charge in [0.15, 0.2) is 11.0 Å². The van der Waals surface area contributed by atoms with Crippen LogP contribution >= 0.6 is 11.6 Å². The van der Waals surface area contributed by atoms with Crippen molar-refractivity contribution in [2.24, 2.45) is 0 Å². The maximum absolute atomic E-state index is 12.5. The number of hydrogen-bond acceptors (Lipinski definition) is 3. The fourth-order valence-electron chi connectivity index (χ4n) is 0.720. The second kappa shape index (κ2) is 4.40. The van der Waals surface area contributed by atoms with E-state index in [-0.39, 0.29) is 0 Å². The molecule has 0 aliphatic rings. The van der Waals surface area contributed by atoms with Gasteiger partial charge < -0.3 is 5.32 Å². The third-order valence-electron chi connectivity index (χ3n) is 1.53. The molecular formula is C7H3ClF5N3O. The lowest BCUT2D eigenvalue weighted by Crippen LogP contribution is -2.47. The van der Waals surface area contributed by atoms with Crippen LogP contribution < -0.4 is 5.32 Å². The standard InChI is InChI=1S/C7H3ClF5N3O/c8-3-4(15-2-1-14-3)16-5(17)6(9,10)7(11,12)13/h1-2H,(H,15,16,17). The van der Waals surface area contributed by atoms with Crippen molar-refractivity contribution in [1.29, 1.82) is 0 Å². The smallest absolute Gasteiger partial charge is 0.303 e. The fourth-order valence-corrected chi connectivity index (χ4v) is 0.872. The van der Waals surface area contributed by atoms with E-state index in [1.165, 1.54) is 5.32 Å². The summed E-state index contributed by atoms with van der Waals surface area (Å²) in [6.07, 6.45) is -3.96. The summed E-state index contributed by atoms with van der Waals surface area (Å²) >= 11 is 5.32. The molecule has 0 aromatic carbocycles. The van der Waals surface area contributed by atoms with Crippen LogP contribution in [0.3, 0.4) is 0 Å². The van der Waals surface area contributed by atoms with Crippen molar-refractivity contribution < 1.29 is 26.7 Å². The molecule has 0 radical (unpaired) electrons. The van der Waals surface area contributed by atoms with Crippen LogP contribution in [0.2, 0.25) is 5.15 Å². The van der Waals surface area contributed by atoms with Crippen LogP contribution in [-0.2, 0) is 4.79 Å². The van der Waals surface area contributed by atoms with Crippen LogP contribution in [0.5, 0.6) is 0 Å². The molecule has 1 amide bonds. The maximum Gasteiger partial charge on any atom is 0.463 e. The molecule has 0 atom stereocenters. The largest absolute Gasteiger partial charge is 0.463 e. The third kappa shape index (κ3) is 2.78. The van der Waals surface area contributed by atoms with Gasteiger partial charge in [-0.05, 0) is 0 Å². The maximum atomic E-state index is 12.5. The lowest BCUT2D eigenvalue weighted by molar-refractivity contribution is -0.267. The predicted molar refractivity (Wildman–Crippen MR) is 46.7 cm³/mol. The fraction of sp³-hybridized carbons (Fsp3) is 0.286. The Balaban J connectivity index is 2.91. The van der Waals surface area contributed by atoms with E-state index in [0.717, 1.165) is 12.4 Å². The molecule has 0 aliphatic heterocycles. The molecule has 0 aliphatic carbocycles. The van der Waals surface area contributed by atoms with Crippen molar-refractivity contribution in [1.82, 2.24) is 9.97 Å². The van der Waals surface area contributed by atoms with Crippen LogP contribution in [0.4, 0.5) is 27.8 Å². The SMILES string of the molecule is O=C(Nc1nccnc1Cl)C(F)(F)C(F)(F)F. The summed E-state index contributed by atoms with van der Waals surface area (Å²) in [4.78, 5) is 17.4. The van der Waals surface area contributed by atoms with E-state index < -0.39 is 29.0 Å². The van der Waals surface area contributed by atoms with Gasteiger partial charge in [0, 0.05) is 12.4 Å². The van der Waals surface area contributed by atoms with Gasteiger partial charge in [0.25, 0.3) is 0 Å². The number of halogens is 6. The first-order valence-corrected chi connectivity index (χ1v) is 4.26. The zero-order chi connectivity index (χ0) is 13.3. The normalized spacial score (nSPS) is 12.4. The van der Waals surface area contributed by atoms with E-state index in [1.807, 2.05) is 0 Å². The number of carbonyl (C=O) groups is 1. The zero-order valence-electron chi connectivity index (χ0n) is 7.73. The topological polar surface area (TPSA) is 54.9 Å². The molecule has 1 rings (SSSR count). The molecule has 0 saturated carbocycles. The van der Waals surface area contributed by atoms with Gasteiger partial charge in [0.2, 0.25) is 0 Å². The molecule has 0 saturated heterocycles. The summed E-state index contributed by atoms with van der Waals surface area (Å²) in [6, 6.07) is 0. The van der Waals surface area contributed by atoms with Crippen molar-refractivity contribution in [3.8, 4) is 0 Å². The highest BCUT2D eigenvalue weighted by atomic mass is 35.5. The predicted octanol–water partition coefficient (Wildman–Crippen LogP) is 2.27. The number of anilines is 1. The van der Waals surface area contributed by atoms with Crippen LogP contribution in [0, 0.1) is 0 Å². The third-order valence-corrected chi connectivity index (χ3v) is 1.80. The number of alkyl halides is 5. The quantitative estimate of drug-likeness (QED) is 0.842. The minimum Gasteiger partial charge on any atom is -0.303 e. The van der Waals surface area contributed by atoms with Crippen LogP contribution in [0.25, 0.3) is 0 Å². The van der Waals surface area contributed by atoms with Gasteiger partial charge >= 0.3 is 18.0 Å². The van der Waals surface area contributed by atoms with E-state index in [4.69, 9.17) is 11.6 Å². The molecule has 0 bridgehead atoms. The molecule has 1 N–H and O–H groups in total. The average Bonchev–Trinajstić information content (AvgIpc) is 2.19. The first-order valence-electron chi connectivity index (χ1n) is 3.88. The molecule has 94 valence electrons. The van der Waals surface area contributed by atoms with Crippen molar-refractivity contribution in [2.45, 2.75) is 12.1 Å². The molecular weight excluding hydrogens is 273 g/mol. The molecule has 0 fully saturated rings. The Morgan fingerprint density at radius 1 is 1.18 bits per heavy atom. The molecule has 1 heterocycles. The Morgan fingerprint density at radius 2 is 1.71 bits per heavy atom. The van der Waals surface area contributed by atoms with Gasteiger partial charge in [-0.25, -0.2) is 9.97 Å². The molecule has 1 aromatic rings. The second-order valence-corrected chi connectivity index (χ2v) is 3.08. The Hall–Kier alpha value is -1.51. The van der Waals surface area contributed by atoms with Crippen molar-refractivity contribution >= 4 is 23.3 Å². The number of hydrogen-bond donors (Lipinski definition) is 1. The lowest BCUT2D eigenvalue weighted by atomic mass is 10.3. The van der Waals surface area contributed by atoms with Gasteiger partial charge in [-0.2, -0.15) is 22.0 Å². The summed E-state index contributed by atoms with van der Waals surface area (Å²) in [6.45, 7) is 0. The minimum absolute atomic E-state index is 0.501. The molecule has 0 unspecified atom stereocenters. The summed E-state index contributed by atoms with van der Waals surface area (Å²) in [5.74, 6) is -8.79. The number of nitrogens with one attached hydrogen (secondary N) is 1. The number of amides is 1. The Bertz CT molecular complexity index is 436. The Labute approximate surface area is 95.8 Å². The summed E-state index contributed by atoms with van der Waals surface area (Å²) in [7, 11) is 0. The highest BCUT2D eigenvalue weighted by Crippen LogP contribution is 2.36. The minimum atomic E-state index is -5.99. The van der Waals surface area contributed by atoms with E-state index >= 15 is 0 Å². The van der Waals surface area contributed by atoms with Crippen molar-refractivity contribution in [3.63, 3.8) is 0 Å². The van der Waals surface area contributed by atoms with E-state index in [0.29, 0.717) is 0 Å². The van der Waals surface area contributed by atoms with E-state index in [2.05, 4.69) is 9.97 Å². The lowest BCUT2D eigenvalue weighted by Gasteiger charge is -2.18. The molecule has 17 heavy (non-hydrogen) atoms. The molecule has 0 spiro atoms. The van der Waals surface area contributed by atoms with Crippen LogP contribution in [0.15, 0.2) is 12.4 Å². The second-order valence-electron chi connectivity index (χ2n) is 2.72. The first-order chi connectivity index (χ1) is 7.66. The van der Waals surface area contributed by atoms with Crippen LogP contribution in [0.1, 0.15) is 0 Å². The van der Waals surface area contributed by atoms with Gasteiger partial charge in [-0.3, -0.25) is 4.79 Å². The number of carbonyl (C=O) groups excluding carboxylic acids is 1. The highest BCUT2D eigenvalue weighted by Gasteiger charge is 2.63. The average molecular weight is 276 g/mol. The highest BCUT2D eigenvalue weighted by molar-refractivity contribution is 6.32. The number of aromatic nitrogens is 2. The molecule has 1 aromatic heterocycles. The summed E-state index contributed by atoms with van der Waals surface area (Å²) in [5.41, 5.74) is 0. The summed E-state index contributed by atoms with van der Waals surface area (Å²) < 4.78 is 60.4. The van der Waals surface area contributed by atoms with Crippen molar-refractivity contribution in [2.75, 3.05) is 5.32 Å². The van der Waals surface area contributed by atoms with Gasteiger partial charge in [-0.1, -0.05) is 11.6 Å². The van der Waals surface area contributed by atoms with Crippen LogP contribution in [-0.4, -0.2) is 28.0 Å². The van der Waals surface area contributed by atoms with E-state index in [9.17, 15) is 26.7 Å². The van der Waals surface area contributed by atoms with Gasteiger partial charge in [0.05, 0.1) is 0 Å². The van der Waals surface area contributed by atoms with E-state index in [1.54, 1.807) is 0 Å². The van der Waals surface area contributed by atoms with Gasteiger partial charge in [-0.15, -0.1) is 0 Å². The monoisotopic (exact) mass is 275 g/mol. The van der Waals surface area contributed by atoms with Gasteiger partial charge in [0.1, 0.15) is 0 Å². The molecule has 10 heteroatoms. The number of nitrogens with zero attached hydrogens (tertiary/aromatic N) is 2.